The lowest BCUT2D eigenvalue weighted by Gasteiger charge is -2.23. The Labute approximate surface area is 171 Å². The van der Waals surface area contributed by atoms with E-state index in [1.165, 1.54) is 5.56 Å². The lowest BCUT2D eigenvalue weighted by Crippen LogP contribution is -2.24. The number of para-hydroxylation sites is 1. The summed E-state index contributed by atoms with van der Waals surface area (Å²) in [5.41, 5.74) is 2.27. The van der Waals surface area contributed by atoms with Gasteiger partial charge in [-0.3, -0.25) is 4.79 Å². The average molecular weight is 390 g/mol. The summed E-state index contributed by atoms with van der Waals surface area (Å²) in [5.74, 6) is 0.983. The van der Waals surface area contributed by atoms with Gasteiger partial charge in [-0.2, -0.15) is 0 Å². The first kappa shape index (κ1) is 20.4. The van der Waals surface area contributed by atoms with Crippen LogP contribution in [0.15, 0.2) is 79.0 Å². The molecule has 1 heterocycles. The summed E-state index contributed by atoms with van der Waals surface area (Å²) in [5, 5.41) is 8.69. The van der Waals surface area contributed by atoms with Crippen LogP contribution in [0.3, 0.4) is 0 Å². The fraction of sp³-hybridized carbons (Fsp3) is 0.250. The number of pyridine rings is 1. The Balaban J connectivity index is 1.52. The van der Waals surface area contributed by atoms with Crippen molar-refractivity contribution in [3.63, 3.8) is 0 Å². The highest BCUT2D eigenvalue weighted by Gasteiger charge is 2.10. The van der Waals surface area contributed by atoms with Crippen molar-refractivity contribution >= 4 is 17.5 Å². The Morgan fingerprint density at radius 1 is 0.931 bits per heavy atom. The van der Waals surface area contributed by atoms with E-state index in [-0.39, 0.29) is 6.42 Å². The Bertz CT molecular complexity index is 828. The molecule has 29 heavy (non-hydrogen) atoms. The second kappa shape index (κ2) is 10.9. The number of carboxylic acid groups (broad SMARTS) is 1. The molecule has 1 N–H and O–H groups in total. The number of nitrogens with zero attached hydrogens (tertiary/aromatic N) is 2. The van der Waals surface area contributed by atoms with Crippen LogP contribution in [0, 0.1) is 0 Å². The Kier molecular flexibility index (Phi) is 7.63. The molecule has 0 radical (unpaired) electrons. The molecule has 0 amide bonds. The van der Waals surface area contributed by atoms with E-state index in [9.17, 15) is 4.79 Å². The molecule has 0 aliphatic heterocycles. The number of anilines is 2. The zero-order valence-electron chi connectivity index (χ0n) is 16.4. The number of hydrogen-bond acceptors (Lipinski definition) is 4. The van der Waals surface area contributed by atoms with E-state index in [0.717, 1.165) is 30.1 Å². The third-order valence-corrected chi connectivity index (χ3v) is 4.61. The summed E-state index contributed by atoms with van der Waals surface area (Å²) < 4.78 is 5.94. The second-order valence-electron chi connectivity index (χ2n) is 6.77. The number of benzene rings is 2. The molecule has 1 aromatic heterocycles. The molecule has 0 atom stereocenters. The monoisotopic (exact) mass is 390 g/mol. The van der Waals surface area contributed by atoms with Gasteiger partial charge in [0.2, 0.25) is 0 Å². The topological polar surface area (TPSA) is 62.7 Å². The summed E-state index contributed by atoms with van der Waals surface area (Å²) >= 11 is 0. The third-order valence-electron chi connectivity index (χ3n) is 4.61. The largest absolute Gasteiger partial charge is 0.492 e. The van der Waals surface area contributed by atoms with E-state index in [2.05, 4.69) is 22.0 Å². The van der Waals surface area contributed by atoms with Crippen LogP contribution in [0.25, 0.3) is 0 Å². The first-order chi connectivity index (χ1) is 14.2. The van der Waals surface area contributed by atoms with E-state index >= 15 is 0 Å². The average Bonchev–Trinajstić information content (AvgIpc) is 2.76. The SMILES string of the molecule is O=C(O)CCCCc1ccc(OCCN(c2ccccc2)c2ccccn2)cc1. The molecule has 0 aliphatic rings. The predicted octanol–water partition coefficient (Wildman–Crippen LogP) is 5.10. The number of aryl methyl sites for hydroxylation is 1. The summed E-state index contributed by atoms with van der Waals surface area (Å²) in [6, 6.07) is 24.1. The normalized spacial score (nSPS) is 10.5. The molecule has 0 saturated heterocycles. The molecule has 0 spiro atoms. The zero-order valence-corrected chi connectivity index (χ0v) is 16.4. The van der Waals surface area contributed by atoms with E-state index in [1.807, 2.05) is 60.7 Å². The first-order valence-electron chi connectivity index (χ1n) is 9.89. The van der Waals surface area contributed by atoms with Crippen molar-refractivity contribution in [1.29, 1.82) is 0 Å². The number of carbonyl (C=O) groups is 1. The van der Waals surface area contributed by atoms with Gasteiger partial charge in [0.05, 0.1) is 6.54 Å². The van der Waals surface area contributed by atoms with Gasteiger partial charge in [0.15, 0.2) is 0 Å². The summed E-state index contributed by atoms with van der Waals surface area (Å²) in [4.78, 5) is 17.2. The van der Waals surface area contributed by atoms with Gasteiger partial charge in [0.1, 0.15) is 18.2 Å². The fourth-order valence-electron chi connectivity index (χ4n) is 3.11. The van der Waals surface area contributed by atoms with Gasteiger partial charge in [-0.15, -0.1) is 0 Å². The number of unbranched alkanes of at least 4 members (excludes halogenated alkanes) is 1. The Hall–Kier alpha value is -3.34. The lowest BCUT2D eigenvalue weighted by molar-refractivity contribution is -0.137. The quantitative estimate of drug-likeness (QED) is 0.462. The van der Waals surface area contributed by atoms with Crippen LogP contribution in [0.4, 0.5) is 11.5 Å². The lowest BCUT2D eigenvalue weighted by atomic mass is 10.1. The van der Waals surface area contributed by atoms with Gasteiger partial charge in [0, 0.05) is 18.3 Å². The molecule has 0 fully saturated rings. The molecule has 0 aliphatic carbocycles. The number of aromatic nitrogens is 1. The van der Waals surface area contributed by atoms with E-state index < -0.39 is 5.97 Å². The maximum Gasteiger partial charge on any atom is 0.303 e. The van der Waals surface area contributed by atoms with Crippen molar-refractivity contribution in [2.45, 2.75) is 25.7 Å². The molecular weight excluding hydrogens is 364 g/mol. The predicted molar refractivity (Wildman–Crippen MR) is 115 cm³/mol. The van der Waals surface area contributed by atoms with Crippen molar-refractivity contribution in [1.82, 2.24) is 4.98 Å². The van der Waals surface area contributed by atoms with Crippen LogP contribution in [0.5, 0.6) is 5.75 Å². The van der Waals surface area contributed by atoms with Crippen molar-refractivity contribution in [3.05, 3.63) is 84.6 Å². The van der Waals surface area contributed by atoms with E-state index in [4.69, 9.17) is 9.84 Å². The van der Waals surface area contributed by atoms with Crippen LogP contribution >= 0.6 is 0 Å². The molecule has 5 heteroatoms. The second-order valence-corrected chi connectivity index (χ2v) is 6.77. The van der Waals surface area contributed by atoms with Crippen molar-refractivity contribution in [2.24, 2.45) is 0 Å². The molecule has 3 aromatic rings. The molecule has 3 rings (SSSR count). The smallest absolute Gasteiger partial charge is 0.303 e. The number of aliphatic carboxylic acids is 1. The molecule has 5 nitrogen and oxygen atoms in total. The van der Waals surface area contributed by atoms with Crippen LogP contribution < -0.4 is 9.64 Å². The molecular formula is C24H26N2O3. The van der Waals surface area contributed by atoms with Crippen LogP contribution in [0.2, 0.25) is 0 Å². The number of rotatable bonds is 11. The minimum atomic E-state index is -0.732. The standard InChI is InChI=1S/C24H26N2O3/c27-24(28)12-5-4-8-20-13-15-22(16-14-20)29-19-18-26(21-9-2-1-3-10-21)23-11-6-7-17-25-23/h1-3,6-7,9-11,13-17H,4-5,8,12,18-19H2,(H,27,28). The maximum absolute atomic E-state index is 10.6. The molecule has 0 bridgehead atoms. The number of hydrogen-bond donors (Lipinski definition) is 1. The van der Waals surface area contributed by atoms with Gasteiger partial charge in [0.25, 0.3) is 0 Å². The van der Waals surface area contributed by atoms with Crippen molar-refractivity contribution in [3.8, 4) is 5.75 Å². The van der Waals surface area contributed by atoms with E-state index in [0.29, 0.717) is 19.6 Å². The molecule has 150 valence electrons. The van der Waals surface area contributed by atoms with Gasteiger partial charge >= 0.3 is 5.97 Å². The Morgan fingerprint density at radius 3 is 2.38 bits per heavy atom. The highest BCUT2D eigenvalue weighted by Crippen LogP contribution is 2.22. The van der Waals surface area contributed by atoms with Crippen molar-refractivity contribution in [2.75, 3.05) is 18.1 Å². The van der Waals surface area contributed by atoms with Gasteiger partial charge in [-0.05, 0) is 61.2 Å². The number of carboxylic acids is 1. The summed E-state index contributed by atoms with van der Waals surface area (Å²) in [6.45, 7) is 1.21. The number of ether oxygens (including phenoxy) is 1. The molecule has 2 aromatic carbocycles. The summed E-state index contributed by atoms with van der Waals surface area (Å²) in [7, 11) is 0. The highest BCUT2D eigenvalue weighted by molar-refractivity contribution is 5.66. The zero-order chi connectivity index (χ0) is 20.3. The van der Waals surface area contributed by atoms with Crippen LogP contribution in [0.1, 0.15) is 24.8 Å². The first-order valence-corrected chi connectivity index (χ1v) is 9.89. The van der Waals surface area contributed by atoms with Crippen LogP contribution in [-0.2, 0) is 11.2 Å². The third kappa shape index (κ3) is 6.64. The molecule has 0 unspecified atom stereocenters. The summed E-state index contributed by atoms with van der Waals surface area (Å²) in [6.07, 6.45) is 4.49. The Morgan fingerprint density at radius 2 is 1.69 bits per heavy atom. The minimum Gasteiger partial charge on any atom is -0.492 e. The fourth-order valence-corrected chi connectivity index (χ4v) is 3.11. The van der Waals surface area contributed by atoms with Crippen LogP contribution in [-0.4, -0.2) is 29.2 Å². The van der Waals surface area contributed by atoms with Crippen molar-refractivity contribution < 1.29 is 14.6 Å². The van der Waals surface area contributed by atoms with E-state index in [1.54, 1.807) is 6.20 Å². The minimum absolute atomic E-state index is 0.232. The van der Waals surface area contributed by atoms with Gasteiger partial charge in [-0.1, -0.05) is 36.4 Å². The maximum atomic E-state index is 10.6. The molecule has 0 saturated carbocycles. The van der Waals surface area contributed by atoms with Gasteiger partial charge < -0.3 is 14.7 Å². The highest BCUT2D eigenvalue weighted by atomic mass is 16.5. The van der Waals surface area contributed by atoms with Gasteiger partial charge in [-0.25, -0.2) is 4.98 Å².